The summed E-state index contributed by atoms with van der Waals surface area (Å²) in [5.74, 6) is 1.89. The topological polar surface area (TPSA) is 50.8 Å². The highest BCUT2D eigenvalue weighted by molar-refractivity contribution is 5.97. The molecule has 0 bridgehead atoms. The molecule has 0 unspecified atom stereocenters. The summed E-state index contributed by atoms with van der Waals surface area (Å²) in [5, 5.41) is 3.52. The maximum atomic E-state index is 12.8. The van der Waals surface area contributed by atoms with Crippen LogP contribution >= 0.6 is 0 Å². The summed E-state index contributed by atoms with van der Waals surface area (Å²) in [4.78, 5) is 14.7. The molecule has 0 saturated carbocycles. The van der Waals surface area contributed by atoms with E-state index in [2.05, 4.69) is 5.32 Å². The van der Waals surface area contributed by atoms with Crippen molar-refractivity contribution in [2.24, 2.45) is 5.92 Å². The third-order valence-electron chi connectivity index (χ3n) is 4.52. The Kier molecular flexibility index (Phi) is 4.01. The fraction of sp³-hybridized carbons (Fsp3) is 0.562. The Morgan fingerprint density at radius 3 is 2.86 bits per heavy atom. The lowest BCUT2D eigenvalue weighted by Gasteiger charge is -2.24. The lowest BCUT2D eigenvalue weighted by atomic mass is 9.94. The lowest BCUT2D eigenvalue weighted by Crippen LogP contribution is -2.41. The standard InChI is InChI=1S/C16H22N2O3/c1-20-12-5-6-15(21-2)13(8-12)16(19)18-9-11-4-3-7-17-14(11)10-18/h5-6,8,11,14,17H,3-4,7,9-10H2,1-2H3/t11-,14+/m0/s1. The van der Waals surface area contributed by atoms with Gasteiger partial charge in [0.25, 0.3) is 5.91 Å². The van der Waals surface area contributed by atoms with Crippen molar-refractivity contribution in [2.75, 3.05) is 33.9 Å². The van der Waals surface area contributed by atoms with Crippen LogP contribution in [0.2, 0.25) is 0 Å². The quantitative estimate of drug-likeness (QED) is 0.917. The Hall–Kier alpha value is -1.75. The minimum Gasteiger partial charge on any atom is -0.497 e. The number of fused-ring (bicyclic) bond motifs is 1. The number of likely N-dealkylation sites (tertiary alicyclic amines) is 1. The number of rotatable bonds is 3. The average Bonchev–Trinajstić information content (AvgIpc) is 2.97. The molecule has 2 aliphatic heterocycles. The number of piperidine rings is 1. The Morgan fingerprint density at radius 1 is 1.29 bits per heavy atom. The van der Waals surface area contributed by atoms with Gasteiger partial charge in [0, 0.05) is 19.1 Å². The van der Waals surface area contributed by atoms with E-state index in [1.165, 1.54) is 12.8 Å². The van der Waals surface area contributed by atoms with Gasteiger partial charge in [-0.25, -0.2) is 0 Å². The van der Waals surface area contributed by atoms with Crippen LogP contribution in [0.3, 0.4) is 0 Å². The first-order valence-electron chi connectivity index (χ1n) is 7.47. The summed E-state index contributed by atoms with van der Waals surface area (Å²) in [6, 6.07) is 5.80. The van der Waals surface area contributed by atoms with Gasteiger partial charge in [-0.2, -0.15) is 0 Å². The first-order valence-corrected chi connectivity index (χ1v) is 7.47. The van der Waals surface area contributed by atoms with Crippen molar-refractivity contribution in [1.29, 1.82) is 0 Å². The normalized spacial score (nSPS) is 24.6. The van der Waals surface area contributed by atoms with Crippen LogP contribution in [-0.4, -0.2) is 50.7 Å². The number of nitrogens with zero attached hydrogens (tertiary/aromatic N) is 1. The third kappa shape index (κ3) is 2.70. The minimum atomic E-state index is 0.0296. The van der Waals surface area contributed by atoms with Crippen LogP contribution in [0.4, 0.5) is 0 Å². The predicted octanol–water partition coefficient (Wildman–Crippen LogP) is 1.53. The van der Waals surface area contributed by atoms with Gasteiger partial charge in [-0.1, -0.05) is 0 Å². The van der Waals surface area contributed by atoms with E-state index in [9.17, 15) is 4.79 Å². The Bertz CT molecular complexity index is 518. The number of carbonyl (C=O) groups excluding carboxylic acids is 1. The van der Waals surface area contributed by atoms with Crippen LogP contribution in [0, 0.1) is 5.92 Å². The van der Waals surface area contributed by atoms with Gasteiger partial charge in [0.15, 0.2) is 0 Å². The molecule has 2 aliphatic rings. The summed E-state index contributed by atoms with van der Waals surface area (Å²) in [6.45, 7) is 2.67. The molecule has 21 heavy (non-hydrogen) atoms. The SMILES string of the molecule is COc1ccc(OC)c(C(=O)N2C[C@@H]3CCCN[C@@H]3C2)c1. The van der Waals surface area contributed by atoms with E-state index >= 15 is 0 Å². The van der Waals surface area contributed by atoms with E-state index < -0.39 is 0 Å². The summed E-state index contributed by atoms with van der Waals surface area (Å²) in [7, 11) is 3.19. The molecule has 2 fully saturated rings. The van der Waals surface area contributed by atoms with Gasteiger partial charge in [-0.05, 0) is 43.5 Å². The van der Waals surface area contributed by atoms with Crippen LogP contribution in [0.15, 0.2) is 18.2 Å². The smallest absolute Gasteiger partial charge is 0.257 e. The molecule has 5 heteroatoms. The second-order valence-electron chi connectivity index (χ2n) is 5.74. The average molecular weight is 290 g/mol. The number of nitrogens with one attached hydrogen (secondary N) is 1. The number of hydrogen-bond donors (Lipinski definition) is 1. The fourth-order valence-electron chi connectivity index (χ4n) is 3.36. The van der Waals surface area contributed by atoms with Gasteiger partial charge in [0.2, 0.25) is 0 Å². The van der Waals surface area contributed by atoms with Crippen LogP contribution in [-0.2, 0) is 0 Å². The molecule has 2 saturated heterocycles. The number of carbonyl (C=O) groups is 1. The zero-order valence-electron chi connectivity index (χ0n) is 12.6. The van der Waals surface area contributed by atoms with Gasteiger partial charge in [-0.3, -0.25) is 4.79 Å². The van der Waals surface area contributed by atoms with Gasteiger partial charge < -0.3 is 19.7 Å². The van der Waals surface area contributed by atoms with Gasteiger partial charge >= 0.3 is 0 Å². The summed E-state index contributed by atoms with van der Waals surface area (Å²) in [5.41, 5.74) is 0.579. The van der Waals surface area contributed by atoms with Crippen molar-refractivity contribution < 1.29 is 14.3 Å². The monoisotopic (exact) mass is 290 g/mol. The zero-order valence-corrected chi connectivity index (χ0v) is 12.6. The predicted molar refractivity (Wildman–Crippen MR) is 80.0 cm³/mol. The Morgan fingerprint density at radius 2 is 2.14 bits per heavy atom. The second-order valence-corrected chi connectivity index (χ2v) is 5.74. The van der Waals surface area contributed by atoms with E-state index in [1.54, 1.807) is 32.4 Å². The van der Waals surface area contributed by atoms with Gasteiger partial charge in [0.1, 0.15) is 11.5 Å². The van der Waals surface area contributed by atoms with Gasteiger partial charge in [-0.15, -0.1) is 0 Å². The van der Waals surface area contributed by atoms with Crippen LogP contribution in [0.1, 0.15) is 23.2 Å². The fourth-order valence-corrected chi connectivity index (χ4v) is 3.36. The summed E-state index contributed by atoms with van der Waals surface area (Å²) in [6.07, 6.45) is 2.41. The first kappa shape index (κ1) is 14.2. The lowest BCUT2D eigenvalue weighted by molar-refractivity contribution is 0.0782. The maximum absolute atomic E-state index is 12.8. The van der Waals surface area contributed by atoms with Crippen LogP contribution in [0.25, 0.3) is 0 Å². The molecule has 1 N–H and O–H groups in total. The van der Waals surface area contributed by atoms with E-state index in [1.807, 2.05) is 4.90 Å². The van der Waals surface area contributed by atoms with Crippen LogP contribution in [0.5, 0.6) is 11.5 Å². The molecule has 5 nitrogen and oxygen atoms in total. The molecule has 0 radical (unpaired) electrons. The summed E-state index contributed by atoms with van der Waals surface area (Å²) < 4.78 is 10.5. The molecule has 3 rings (SSSR count). The minimum absolute atomic E-state index is 0.0296. The number of ether oxygens (including phenoxy) is 2. The molecule has 0 aromatic heterocycles. The number of methoxy groups -OCH3 is 2. The van der Waals surface area contributed by atoms with Crippen molar-refractivity contribution >= 4 is 5.91 Å². The van der Waals surface area contributed by atoms with E-state index in [0.717, 1.165) is 19.6 Å². The molecule has 2 atom stereocenters. The van der Waals surface area contributed by atoms with Crippen molar-refractivity contribution in [3.05, 3.63) is 23.8 Å². The highest BCUT2D eigenvalue weighted by Gasteiger charge is 2.37. The third-order valence-corrected chi connectivity index (χ3v) is 4.52. The molecule has 114 valence electrons. The molecule has 2 heterocycles. The van der Waals surface area contributed by atoms with Crippen molar-refractivity contribution in [3.8, 4) is 11.5 Å². The van der Waals surface area contributed by atoms with Crippen molar-refractivity contribution in [2.45, 2.75) is 18.9 Å². The zero-order chi connectivity index (χ0) is 14.8. The molecular weight excluding hydrogens is 268 g/mol. The number of hydrogen-bond acceptors (Lipinski definition) is 4. The van der Waals surface area contributed by atoms with E-state index in [-0.39, 0.29) is 5.91 Å². The molecular formula is C16H22N2O3. The number of amides is 1. The van der Waals surface area contributed by atoms with E-state index in [4.69, 9.17) is 9.47 Å². The highest BCUT2D eigenvalue weighted by Crippen LogP contribution is 2.30. The maximum Gasteiger partial charge on any atom is 0.257 e. The molecule has 1 aromatic carbocycles. The second kappa shape index (κ2) is 5.93. The Labute approximate surface area is 125 Å². The van der Waals surface area contributed by atoms with Crippen molar-refractivity contribution in [1.82, 2.24) is 10.2 Å². The van der Waals surface area contributed by atoms with Gasteiger partial charge in [0.05, 0.1) is 19.8 Å². The largest absolute Gasteiger partial charge is 0.497 e. The summed E-state index contributed by atoms with van der Waals surface area (Å²) >= 11 is 0. The molecule has 0 spiro atoms. The first-order chi connectivity index (χ1) is 10.2. The Balaban J connectivity index is 1.81. The van der Waals surface area contributed by atoms with E-state index in [0.29, 0.717) is 29.0 Å². The highest BCUT2D eigenvalue weighted by atomic mass is 16.5. The molecule has 1 aromatic rings. The molecule has 0 aliphatic carbocycles. The number of benzene rings is 1. The molecule has 1 amide bonds. The van der Waals surface area contributed by atoms with Crippen molar-refractivity contribution in [3.63, 3.8) is 0 Å². The van der Waals surface area contributed by atoms with Crippen LogP contribution < -0.4 is 14.8 Å².